The summed E-state index contributed by atoms with van der Waals surface area (Å²) in [5.41, 5.74) is 0.0539. The van der Waals surface area contributed by atoms with Gasteiger partial charge in [-0.3, -0.25) is 4.90 Å². The fourth-order valence-corrected chi connectivity index (χ4v) is 3.87. The summed E-state index contributed by atoms with van der Waals surface area (Å²) in [6.45, 7) is 7.73. The van der Waals surface area contributed by atoms with Crippen molar-refractivity contribution in [2.75, 3.05) is 16.8 Å². The first-order chi connectivity index (χ1) is 13.8. The van der Waals surface area contributed by atoms with E-state index >= 15 is 0 Å². The van der Waals surface area contributed by atoms with Crippen molar-refractivity contribution >= 4 is 17.4 Å². The van der Waals surface area contributed by atoms with E-state index in [1.165, 1.54) is 4.90 Å². The molecule has 0 aliphatic carbocycles. The Morgan fingerprint density at radius 2 is 1.59 bits per heavy atom. The van der Waals surface area contributed by atoms with E-state index in [0.717, 1.165) is 6.42 Å². The van der Waals surface area contributed by atoms with Crippen LogP contribution in [0.15, 0.2) is 60.7 Å². The molecular formula is C24H34N2O3. The van der Waals surface area contributed by atoms with Gasteiger partial charge in [0.05, 0.1) is 18.2 Å². The van der Waals surface area contributed by atoms with E-state index in [1.807, 2.05) is 88.4 Å². The molecule has 2 aromatic rings. The monoisotopic (exact) mass is 398 g/mol. The molecule has 0 aliphatic heterocycles. The maximum Gasteiger partial charge on any atom is 0.326 e. The van der Waals surface area contributed by atoms with Crippen molar-refractivity contribution in [3.8, 4) is 0 Å². The summed E-state index contributed by atoms with van der Waals surface area (Å²) in [4.78, 5) is 14.9. The fourth-order valence-electron chi connectivity index (χ4n) is 3.87. The zero-order valence-electron chi connectivity index (χ0n) is 17.9. The molecule has 0 saturated carbocycles. The molecule has 0 aliphatic rings. The average molecular weight is 399 g/mol. The molecule has 3 N–H and O–H groups in total. The number of nitrogens with zero attached hydrogens (tertiary/aromatic N) is 1. The Morgan fingerprint density at radius 3 is 2.07 bits per heavy atom. The van der Waals surface area contributed by atoms with E-state index < -0.39 is 11.6 Å². The third kappa shape index (κ3) is 5.58. The number of benzene rings is 2. The highest BCUT2D eigenvalue weighted by molar-refractivity contribution is 6.02. The number of para-hydroxylation sites is 2. The molecular weight excluding hydrogens is 364 g/mol. The summed E-state index contributed by atoms with van der Waals surface area (Å²) in [6.07, 6.45) is 1.22. The number of aliphatic hydroxyl groups excluding tert-OH is 1. The van der Waals surface area contributed by atoms with E-state index in [-0.39, 0.29) is 24.5 Å². The van der Waals surface area contributed by atoms with Crippen LogP contribution in [0.1, 0.15) is 40.5 Å². The smallest absolute Gasteiger partial charge is 0.326 e. The van der Waals surface area contributed by atoms with Crippen molar-refractivity contribution in [2.24, 2.45) is 11.8 Å². The molecule has 2 rings (SSSR count). The number of hydrogen-bond acceptors (Lipinski definition) is 3. The normalized spacial score (nSPS) is 15.4. The van der Waals surface area contributed by atoms with E-state index in [4.69, 9.17) is 0 Å². The van der Waals surface area contributed by atoms with Crippen LogP contribution >= 0.6 is 0 Å². The Morgan fingerprint density at radius 1 is 1.03 bits per heavy atom. The van der Waals surface area contributed by atoms with Crippen molar-refractivity contribution < 1.29 is 15.0 Å². The molecule has 0 fully saturated rings. The average Bonchev–Trinajstić information content (AvgIpc) is 2.71. The summed E-state index contributed by atoms with van der Waals surface area (Å²) < 4.78 is 0. The van der Waals surface area contributed by atoms with Crippen LogP contribution in [0, 0.1) is 11.8 Å². The summed E-state index contributed by atoms with van der Waals surface area (Å²) in [6, 6.07) is 17.2. The highest BCUT2D eigenvalue weighted by Crippen LogP contribution is 2.36. The van der Waals surface area contributed by atoms with Crippen LogP contribution in [-0.2, 0) is 0 Å². The predicted molar refractivity (Wildman–Crippen MR) is 119 cm³/mol. The van der Waals surface area contributed by atoms with Gasteiger partial charge in [0.15, 0.2) is 0 Å². The van der Waals surface area contributed by atoms with Crippen molar-refractivity contribution in [3.63, 3.8) is 0 Å². The van der Waals surface area contributed by atoms with Crippen LogP contribution in [0.5, 0.6) is 0 Å². The number of rotatable bonds is 9. The zero-order valence-corrected chi connectivity index (χ0v) is 17.9. The first-order valence-electron chi connectivity index (χ1n) is 10.4. The predicted octanol–water partition coefficient (Wildman–Crippen LogP) is 4.91. The van der Waals surface area contributed by atoms with Gasteiger partial charge < -0.3 is 15.5 Å². The molecule has 158 valence electrons. The molecule has 0 saturated heterocycles. The molecule has 2 amide bonds. The number of hydrogen-bond donors (Lipinski definition) is 3. The first kappa shape index (κ1) is 22.9. The first-order valence-corrected chi connectivity index (χ1v) is 10.4. The third-order valence-electron chi connectivity index (χ3n) is 5.54. The van der Waals surface area contributed by atoms with Gasteiger partial charge in [0.1, 0.15) is 0 Å². The summed E-state index contributed by atoms with van der Waals surface area (Å²) >= 11 is 0. The Balaban J connectivity index is 2.50. The maximum absolute atomic E-state index is 13.3. The van der Waals surface area contributed by atoms with Gasteiger partial charge >= 0.3 is 6.03 Å². The van der Waals surface area contributed by atoms with Gasteiger partial charge in [-0.05, 0) is 42.5 Å². The minimum atomic E-state index is -1.23. The zero-order chi connectivity index (χ0) is 21.4. The van der Waals surface area contributed by atoms with Crippen molar-refractivity contribution in [1.29, 1.82) is 0 Å². The molecule has 0 heterocycles. The Labute approximate surface area is 174 Å². The lowest BCUT2D eigenvalue weighted by molar-refractivity contribution is -0.0640. The van der Waals surface area contributed by atoms with Gasteiger partial charge in [-0.25, -0.2) is 4.79 Å². The molecule has 2 aromatic carbocycles. The summed E-state index contributed by atoms with van der Waals surface area (Å²) in [5.74, 6) is 0.107. The molecule has 0 bridgehead atoms. The Kier molecular flexibility index (Phi) is 8.23. The maximum atomic E-state index is 13.3. The minimum Gasteiger partial charge on any atom is -0.394 e. The van der Waals surface area contributed by atoms with E-state index in [9.17, 15) is 15.0 Å². The second-order valence-electron chi connectivity index (χ2n) is 8.10. The number of aliphatic hydroxyl groups is 2. The molecule has 5 heteroatoms. The SMILES string of the molecule is CCC(C)C(O)(CC(C)C)C(CO)N(C(=O)Nc1ccccc1)c1ccccc1. The molecule has 3 atom stereocenters. The number of amides is 2. The van der Waals surface area contributed by atoms with Crippen LogP contribution in [-0.4, -0.2) is 34.5 Å². The molecule has 0 radical (unpaired) electrons. The van der Waals surface area contributed by atoms with E-state index in [2.05, 4.69) is 5.32 Å². The summed E-state index contributed by atoms with van der Waals surface area (Å²) in [5, 5.41) is 25.1. The molecule has 5 nitrogen and oxygen atoms in total. The second-order valence-corrected chi connectivity index (χ2v) is 8.10. The van der Waals surface area contributed by atoms with Gasteiger partial charge in [-0.2, -0.15) is 0 Å². The third-order valence-corrected chi connectivity index (χ3v) is 5.54. The lowest BCUT2D eigenvalue weighted by atomic mass is 9.74. The highest BCUT2D eigenvalue weighted by Gasteiger charge is 2.46. The van der Waals surface area contributed by atoms with Crippen molar-refractivity contribution in [3.05, 3.63) is 60.7 Å². The number of urea groups is 1. The summed E-state index contributed by atoms with van der Waals surface area (Å²) in [7, 11) is 0. The molecule has 0 spiro atoms. The number of anilines is 2. The fraction of sp³-hybridized carbons (Fsp3) is 0.458. The van der Waals surface area contributed by atoms with Crippen LogP contribution in [0.4, 0.5) is 16.2 Å². The highest BCUT2D eigenvalue weighted by atomic mass is 16.3. The van der Waals surface area contributed by atoms with Gasteiger partial charge in [0.25, 0.3) is 0 Å². The van der Waals surface area contributed by atoms with Crippen LogP contribution < -0.4 is 10.2 Å². The minimum absolute atomic E-state index is 0.0993. The lowest BCUT2D eigenvalue weighted by Gasteiger charge is -2.46. The van der Waals surface area contributed by atoms with Crippen LogP contribution in [0.25, 0.3) is 0 Å². The van der Waals surface area contributed by atoms with Gasteiger partial charge in [0.2, 0.25) is 0 Å². The standard InChI is InChI=1S/C24H34N2O3/c1-5-19(4)24(29,16-18(2)3)22(17-27)26(21-14-10-7-11-15-21)23(28)25-20-12-8-6-9-13-20/h6-15,18-19,22,27,29H,5,16-17H2,1-4H3,(H,25,28). The van der Waals surface area contributed by atoms with Gasteiger partial charge in [-0.1, -0.05) is 70.5 Å². The molecule has 0 aromatic heterocycles. The number of carbonyl (C=O) groups excluding carboxylic acids is 1. The Bertz CT molecular complexity index is 751. The number of nitrogens with one attached hydrogen (secondary N) is 1. The van der Waals surface area contributed by atoms with Crippen LogP contribution in [0.2, 0.25) is 0 Å². The second kappa shape index (κ2) is 10.4. The van der Waals surface area contributed by atoms with Crippen LogP contribution in [0.3, 0.4) is 0 Å². The largest absolute Gasteiger partial charge is 0.394 e. The van der Waals surface area contributed by atoms with Gasteiger partial charge in [0, 0.05) is 11.4 Å². The molecule has 3 unspecified atom stereocenters. The van der Waals surface area contributed by atoms with Crippen molar-refractivity contribution in [1.82, 2.24) is 0 Å². The Hall–Kier alpha value is -2.37. The lowest BCUT2D eigenvalue weighted by Crippen LogP contribution is -2.61. The quantitative estimate of drug-likeness (QED) is 0.562. The van der Waals surface area contributed by atoms with E-state index in [1.54, 1.807) is 0 Å². The molecule has 29 heavy (non-hydrogen) atoms. The number of carbonyl (C=O) groups is 1. The topological polar surface area (TPSA) is 72.8 Å². The van der Waals surface area contributed by atoms with E-state index in [0.29, 0.717) is 17.8 Å². The van der Waals surface area contributed by atoms with Crippen molar-refractivity contribution in [2.45, 2.75) is 52.2 Å². The van der Waals surface area contributed by atoms with Gasteiger partial charge in [-0.15, -0.1) is 0 Å².